The Morgan fingerprint density at radius 1 is 1.03 bits per heavy atom. The van der Waals surface area contributed by atoms with Crippen molar-refractivity contribution in [3.05, 3.63) is 94.9 Å². The molecule has 6 heteroatoms. The van der Waals surface area contributed by atoms with Crippen molar-refractivity contribution in [1.29, 1.82) is 0 Å². The van der Waals surface area contributed by atoms with E-state index in [9.17, 15) is 4.79 Å². The van der Waals surface area contributed by atoms with E-state index < -0.39 is 0 Å². The van der Waals surface area contributed by atoms with Crippen molar-refractivity contribution in [2.75, 3.05) is 5.75 Å². The predicted octanol–water partition coefficient (Wildman–Crippen LogP) is 5.55. The van der Waals surface area contributed by atoms with Crippen molar-refractivity contribution >= 4 is 17.7 Å². The lowest BCUT2D eigenvalue weighted by atomic mass is 10.1. The van der Waals surface area contributed by atoms with Gasteiger partial charge in [0.05, 0.1) is 30.0 Å². The normalized spacial score (nSPS) is 12.9. The summed E-state index contributed by atoms with van der Waals surface area (Å²) < 4.78 is 4.13. The lowest BCUT2D eigenvalue weighted by Gasteiger charge is -2.19. The Bertz CT molecular complexity index is 1290. The van der Waals surface area contributed by atoms with Crippen molar-refractivity contribution in [3.8, 4) is 11.5 Å². The summed E-state index contributed by atoms with van der Waals surface area (Å²) in [7, 11) is 0. The zero-order valence-corrected chi connectivity index (χ0v) is 19.4. The molecule has 162 valence electrons. The van der Waals surface area contributed by atoms with Gasteiger partial charge in [0.25, 0.3) is 5.91 Å². The lowest BCUT2D eigenvalue weighted by Crippen LogP contribution is -2.27. The van der Waals surface area contributed by atoms with Gasteiger partial charge in [-0.3, -0.25) is 4.79 Å². The molecular formula is C26H26N4OS. The largest absolute Gasteiger partial charge is 0.328 e. The van der Waals surface area contributed by atoms with E-state index in [4.69, 9.17) is 5.10 Å². The van der Waals surface area contributed by atoms with Gasteiger partial charge < -0.3 is 9.47 Å². The maximum absolute atomic E-state index is 13.4. The SMILES string of the molecule is CCSc1ccccc1C(=O)N1Cc2nn(-c3ccc(C)cc3C)c(-n3cccc3)c2C1. The number of carbonyl (C=O) groups is 1. The highest BCUT2D eigenvalue weighted by molar-refractivity contribution is 7.99. The van der Waals surface area contributed by atoms with Gasteiger partial charge in [0.15, 0.2) is 0 Å². The molecule has 3 heterocycles. The minimum absolute atomic E-state index is 0.0658. The molecule has 5 nitrogen and oxygen atoms in total. The second-order valence-corrected chi connectivity index (χ2v) is 9.44. The zero-order valence-electron chi connectivity index (χ0n) is 18.6. The molecule has 1 aliphatic heterocycles. The van der Waals surface area contributed by atoms with Gasteiger partial charge in [0.1, 0.15) is 5.82 Å². The lowest BCUT2D eigenvalue weighted by molar-refractivity contribution is 0.0745. The average Bonchev–Trinajstić information content (AvgIpc) is 3.50. The molecule has 0 radical (unpaired) electrons. The highest BCUT2D eigenvalue weighted by Gasteiger charge is 2.32. The zero-order chi connectivity index (χ0) is 22.2. The number of amides is 1. The van der Waals surface area contributed by atoms with Gasteiger partial charge in [0, 0.05) is 22.9 Å². The topological polar surface area (TPSA) is 43.1 Å². The van der Waals surface area contributed by atoms with Gasteiger partial charge in [-0.1, -0.05) is 36.8 Å². The summed E-state index contributed by atoms with van der Waals surface area (Å²) in [6.07, 6.45) is 4.07. The van der Waals surface area contributed by atoms with Crippen LogP contribution in [0.3, 0.4) is 0 Å². The van der Waals surface area contributed by atoms with Crippen molar-refractivity contribution in [3.63, 3.8) is 0 Å². The first kappa shape index (κ1) is 20.6. The van der Waals surface area contributed by atoms with Crippen LogP contribution in [0, 0.1) is 13.8 Å². The summed E-state index contributed by atoms with van der Waals surface area (Å²) in [6, 6.07) is 18.3. The molecule has 4 aromatic rings. The third-order valence-corrected chi connectivity index (χ3v) is 6.82. The number of aromatic nitrogens is 3. The maximum atomic E-state index is 13.4. The molecular weight excluding hydrogens is 416 g/mol. The van der Waals surface area contributed by atoms with Crippen molar-refractivity contribution in [2.24, 2.45) is 0 Å². The number of aryl methyl sites for hydroxylation is 2. The number of nitrogens with zero attached hydrogens (tertiary/aromatic N) is 4. The van der Waals surface area contributed by atoms with Crippen LogP contribution in [0.25, 0.3) is 11.5 Å². The molecule has 0 saturated carbocycles. The Kier molecular flexibility index (Phi) is 5.39. The minimum Gasteiger partial charge on any atom is -0.328 e. The van der Waals surface area contributed by atoms with E-state index in [1.54, 1.807) is 11.8 Å². The monoisotopic (exact) mass is 442 g/mol. The quantitative estimate of drug-likeness (QED) is 0.381. The molecule has 0 aliphatic carbocycles. The fraction of sp³-hybridized carbons (Fsp3) is 0.231. The van der Waals surface area contributed by atoms with Gasteiger partial charge in [-0.15, -0.1) is 11.8 Å². The first-order chi connectivity index (χ1) is 15.6. The molecule has 2 aromatic heterocycles. The van der Waals surface area contributed by atoms with Gasteiger partial charge in [-0.05, 0) is 55.5 Å². The highest BCUT2D eigenvalue weighted by atomic mass is 32.2. The van der Waals surface area contributed by atoms with Crippen molar-refractivity contribution in [1.82, 2.24) is 19.2 Å². The molecule has 0 atom stereocenters. The van der Waals surface area contributed by atoms with Crippen LogP contribution in [0.5, 0.6) is 0 Å². The van der Waals surface area contributed by atoms with Crippen molar-refractivity contribution in [2.45, 2.75) is 38.8 Å². The van der Waals surface area contributed by atoms with Crippen LogP contribution in [0.1, 0.15) is 39.7 Å². The van der Waals surface area contributed by atoms with Gasteiger partial charge in [0.2, 0.25) is 0 Å². The third kappa shape index (κ3) is 3.54. The number of rotatable bonds is 5. The Morgan fingerprint density at radius 2 is 1.81 bits per heavy atom. The van der Waals surface area contributed by atoms with Crippen molar-refractivity contribution < 1.29 is 4.79 Å². The summed E-state index contributed by atoms with van der Waals surface area (Å²) in [6.45, 7) is 7.40. The molecule has 2 aromatic carbocycles. The molecule has 0 unspecified atom stereocenters. The first-order valence-electron chi connectivity index (χ1n) is 10.9. The second-order valence-electron chi connectivity index (χ2n) is 8.13. The third-order valence-electron chi connectivity index (χ3n) is 5.86. The van der Waals surface area contributed by atoms with E-state index in [0.29, 0.717) is 13.1 Å². The van der Waals surface area contributed by atoms with Crippen LogP contribution in [-0.4, -0.2) is 30.9 Å². The minimum atomic E-state index is 0.0658. The Labute approximate surface area is 192 Å². The Morgan fingerprint density at radius 3 is 2.56 bits per heavy atom. The highest BCUT2D eigenvalue weighted by Crippen LogP contribution is 2.33. The second kappa shape index (κ2) is 8.36. The first-order valence-corrected chi connectivity index (χ1v) is 11.9. The summed E-state index contributed by atoms with van der Waals surface area (Å²) >= 11 is 1.71. The number of benzene rings is 2. The average molecular weight is 443 g/mol. The molecule has 5 rings (SSSR count). The molecule has 0 saturated heterocycles. The molecule has 32 heavy (non-hydrogen) atoms. The van der Waals surface area contributed by atoms with Gasteiger partial charge in [-0.2, -0.15) is 5.10 Å². The number of thioether (sulfide) groups is 1. The predicted molar refractivity (Wildman–Crippen MR) is 129 cm³/mol. The fourth-order valence-corrected chi connectivity index (χ4v) is 5.19. The van der Waals surface area contributed by atoms with Crippen LogP contribution < -0.4 is 0 Å². The molecule has 0 N–H and O–H groups in total. The van der Waals surface area contributed by atoms with Crippen LogP contribution in [0.2, 0.25) is 0 Å². The number of carbonyl (C=O) groups excluding carboxylic acids is 1. The smallest absolute Gasteiger partial charge is 0.255 e. The number of hydrogen-bond acceptors (Lipinski definition) is 3. The van der Waals surface area contributed by atoms with Crippen LogP contribution >= 0.6 is 11.8 Å². The molecule has 0 spiro atoms. The van der Waals surface area contributed by atoms with Gasteiger partial charge >= 0.3 is 0 Å². The van der Waals surface area contributed by atoms with Gasteiger partial charge in [-0.25, -0.2) is 4.68 Å². The number of fused-ring (bicyclic) bond motifs is 1. The molecule has 1 amide bonds. The van der Waals surface area contributed by atoms with Crippen LogP contribution in [0.15, 0.2) is 71.9 Å². The van der Waals surface area contributed by atoms with E-state index in [-0.39, 0.29) is 5.91 Å². The molecule has 0 fully saturated rings. The Balaban J connectivity index is 1.54. The molecule has 0 bridgehead atoms. The summed E-state index contributed by atoms with van der Waals surface area (Å²) in [5.74, 6) is 2.00. The van der Waals surface area contributed by atoms with Crippen LogP contribution in [-0.2, 0) is 13.1 Å². The summed E-state index contributed by atoms with van der Waals surface area (Å²) in [5, 5.41) is 4.99. The maximum Gasteiger partial charge on any atom is 0.255 e. The van der Waals surface area contributed by atoms with E-state index in [0.717, 1.165) is 39.0 Å². The van der Waals surface area contributed by atoms with E-state index in [2.05, 4.69) is 43.5 Å². The summed E-state index contributed by atoms with van der Waals surface area (Å²) in [4.78, 5) is 16.4. The summed E-state index contributed by atoms with van der Waals surface area (Å²) in [5.41, 5.74) is 6.32. The van der Waals surface area contributed by atoms with Crippen LogP contribution in [0.4, 0.5) is 0 Å². The van der Waals surface area contributed by atoms with E-state index in [1.165, 1.54) is 11.1 Å². The van der Waals surface area contributed by atoms with E-state index >= 15 is 0 Å². The Hall–Kier alpha value is -3.25. The molecule has 1 aliphatic rings. The standard InChI is InChI=1S/C26H26N4OS/c1-4-32-24-10-6-5-9-20(24)26(31)29-16-21-22(17-29)27-30(25(21)28-13-7-8-14-28)23-12-11-18(2)15-19(23)3/h5-15H,4,16-17H2,1-3H3. The fourth-order valence-electron chi connectivity index (χ4n) is 4.39. The number of hydrogen-bond donors (Lipinski definition) is 0. The van der Waals surface area contributed by atoms with E-state index in [1.807, 2.05) is 58.4 Å².